The van der Waals surface area contributed by atoms with Crippen LogP contribution in [0.5, 0.6) is 0 Å². The fourth-order valence-electron chi connectivity index (χ4n) is 4.84. The summed E-state index contributed by atoms with van der Waals surface area (Å²) in [5.41, 5.74) is 4.45. The van der Waals surface area contributed by atoms with Crippen molar-refractivity contribution in [3.05, 3.63) is 83.4 Å². The number of benzene rings is 3. The van der Waals surface area contributed by atoms with Crippen LogP contribution in [0.3, 0.4) is 0 Å². The summed E-state index contributed by atoms with van der Waals surface area (Å²) in [6.07, 6.45) is 2.06. The number of carbonyl (C=O) groups excluding carboxylic acids is 1. The molecule has 0 saturated carbocycles. The molecule has 0 spiro atoms. The number of aryl methyl sites for hydroxylation is 2. The van der Waals surface area contributed by atoms with E-state index >= 15 is 0 Å². The van der Waals surface area contributed by atoms with Crippen LogP contribution < -0.4 is 14.9 Å². The molecular formula is C29H35N3O3S. The van der Waals surface area contributed by atoms with Crippen molar-refractivity contribution in [2.75, 3.05) is 28.0 Å². The molecule has 7 heteroatoms. The highest BCUT2D eigenvalue weighted by molar-refractivity contribution is 7.92. The molecule has 4 rings (SSSR count). The molecular weight excluding hydrogens is 470 g/mol. The van der Waals surface area contributed by atoms with Gasteiger partial charge in [-0.05, 0) is 79.6 Å². The molecule has 36 heavy (non-hydrogen) atoms. The summed E-state index contributed by atoms with van der Waals surface area (Å²) in [6, 6.07) is 19.7. The van der Waals surface area contributed by atoms with E-state index in [1.807, 2.05) is 37.3 Å². The van der Waals surface area contributed by atoms with E-state index in [-0.39, 0.29) is 10.8 Å². The fraction of sp³-hybridized carbons (Fsp3) is 0.345. The van der Waals surface area contributed by atoms with Crippen LogP contribution in [-0.2, 0) is 16.4 Å². The molecule has 0 radical (unpaired) electrons. The van der Waals surface area contributed by atoms with E-state index in [9.17, 15) is 13.2 Å². The van der Waals surface area contributed by atoms with E-state index in [1.165, 1.54) is 5.56 Å². The van der Waals surface area contributed by atoms with Crippen molar-refractivity contribution in [2.45, 2.75) is 45.4 Å². The van der Waals surface area contributed by atoms with Gasteiger partial charge in [-0.3, -0.25) is 9.52 Å². The number of anilines is 3. The summed E-state index contributed by atoms with van der Waals surface area (Å²) in [4.78, 5) is 15.5. The van der Waals surface area contributed by atoms with Gasteiger partial charge in [-0.25, -0.2) is 8.42 Å². The quantitative estimate of drug-likeness (QED) is 0.407. The Bertz CT molecular complexity index is 1310. The van der Waals surface area contributed by atoms with Crippen LogP contribution in [0, 0.1) is 18.8 Å². The second-order valence-corrected chi connectivity index (χ2v) is 11.7. The standard InChI is InChI=1S/C29H35N3O3S/c1-5-23-8-11-25(12-9-23)30-29(33)24-10-15-28(32-18-21(3)16-22(4)19-32)27(17-24)31-36(34,35)26-13-6-20(2)7-14-26/h6-15,17,21-22,31H,5,16,18-19H2,1-4H3,(H,30,33)/t21-,22-/m0/s1. The lowest BCUT2D eigenvalue weighted by Crippen LogP contribution is -2.39. The van der Waals surface area contributed by atoms with Gasteiger partial charge in [-0.1, -0.05) is 50.6 Å². The van der Waals surface area contributed by atoms with Gasteiger partial charge in [0.1, 0.15) is 0 Å². The normalized spacial score (nSPS) is 18.1. The number of sulfonamides is 1. The smallest absolute Gasteiger partial charge is 0.261 e. The first-order chi connectivity index (χ1) is 17.1. The molecule has 1 saturated heterocycles. The molecule has 190 valence electrons. The van der Waals surface area contributed by atoms with Crippen molar-refractivity contribution < 1.29 is 13.2 Å². The first-order valence-electron chi connectivity index (χ1n) is 12.5. The SMILES string of the molecule is CCc1ccc(NC(=O)c2ccc(N3C[C@@H](C)C[C@H](C)C3)c(NS(=O)(=O)c3ccc(C)cc3)c2)cc1. The van der Waals surface area contributed by atoms with Gasteiger partial charge in [0.15, 0.2) is 0 Å². The van der Waals surface area contributed by atoms with Gasteiger partial charge in [-0.2, -0.15) is 0 Å². The second-order valence-electron chi connectivity index (χ2n) is 10.0. The van der Waals surface area contributed by atoms with E-state index in [0.717, 1.165) is 37.2 Å². The van der Waals surface area contributed by atoms with Gasteiger partial charge in [0.2, 0.25) is 0 Å². The number of hydrogen-bond donors (Lipinski definition) is 2. The summed E-state index contributed by atoms with van der Waals surface area (Å²) >= 11 is 0. The van der Waals surface area contributed by atoms with E-state index in [0.29, 0.717) is 28.8 Å². The lowest BCUT2D eigenvalue weighted by atomic mass is 9.91. The number of amides is 1. The van der Waals surface area contributed by atoms with Gasteiger partial charge >= 0.3 is 0 Å². The molecule has 1 fully saturated rings. The van der Waals surface area contributed by atoms with E-state index < -0.39 is 10.0 Å². The highest BCUT2D eigenvalue weighted by Crippen LogP contribution is 2.34. The van der Waals surface area contributed by atoms with Crippen LogP contribution in [0.1, 0.15) is 48.7 Å². The van der Waals surface area contributed by atoms with Gasteiger partial charge in [0, 0.05) is 24.3 Å². The molecule has 1 aliphatic rings. The van der Waals surface area contributed by atoms with Gasteiger partial charge < -0.3 is 10.2 Å². The number of piperidine rings is 1. The number of nitrogens with zero attached hydrogens (tertiary/aromatic N) is 1. The number of hydrogen-bond acceptors (Lipinski definition) is 4. The largest absolute Gasteiger partial charge is 0.369 e. The Labute approximate surface area is 214 Å². The number of carbonyl (C=O) groups is 1. The maximum Gasteiger partial charge on any atom is 0.261 e. The zero-order valence-electron chi connectivity index (χ0n) is 21.4. The van der Waals surface area contributed by atoms with Crippen molar-refractivity contribution in [3.63, 3.8) is 0 Å². The molecule has 0 aliphatic carbocycles. The Morgan fingerprint density at radius 2 is 1.58 bits per heavy atom. The number of rotatable bonds is 7. The van der Waals surface area contributed by atoms with Crippen molar-refractivity contribution in [1.82, 2.24) is 0 Å². The Morgan fingerprint density at radius 3 is 2.19 bits per heavy atom. The molecule has 0 unspecified atom stereocenters. The van der Waals surface area contributed by atoms with Crippen molar-refractivity contribution in [1.29, 1.82) is 0 Å². The first-order valence-corrected chi connectivity index (χ1v) is 14.0. The van der Waals surface area contributed by atoms with Gasteiger partial charge in [-0.15, -0.1) is 0 Å². The predicted molar refractivity (Wildman–Crippen MR) is 147 cm³/mol. The van der Waals surface area contributed by atoms with Crippen molar-refractivity contribution >= 4 is 33.0 Å². The Morgan fingerprint density at radius 1 is 0.944 bits per heavy atom. The van der Waals surface area contributed by atoms with Gasteiger partial charge in [0.25, 0.3) is 15.9 Å². The third kappa shape index (κ3) is 6.08. The van der Waals surface area contributed by atoms with Crippen molar-refractivity contribution in [2.24, 2.45) is 11.8 Å². The molecule has 0 bridgehead atoms. The molecule has 3 aromatic carbocycles. The molecule has 2 N–H and O–H groups in total. The molecule has 1 heterocycles. The van der Waals surface area contributed by atoms with Crippen molar-refractivity contribution in [3.8, 4) is 0 Å². The predicted octanol–water partition coefficient (Wildman–Crippen LogP) is 6.09. The van der Waals surface area contributed by atoms with Gasteiger partial charge in [0.05, 0.1) is 16.3 Å². The summed E-state index contributed by atoms with van der Waals surface area (Å²) < 4.78 is 29.3. The van der Waals surface area contributed by atoms with Crippen LogP contribution in [0.2, 0.25) is 0 Å². The molecule has 6 nitrogen and oxygen atoms in total. The summed E-state index contributed by atoms with van der Waals surface area (Å²) in [5, 5.41) is 2.92. The Hall–Kier alpha value is -3.32. The van der Waals surface area contributed by atoms with Crippen LogP contribution in [0.25, 0.3) is 0 Å². The molecule has 1 amide bonds. The monoisotopic (exact) mass is 505 g/mol. The average Bonchev–Trinajstić information content (AvgIpc) is 2.84. The Balaban J connectivity index is 1.67. The highest BCUT2D eigenvalue weighted by atomic mass is 32.2. The summed E-state index contributed by atoms with van der Waals surface area (Å²) in [5.74, 6) is 0.690. The third-order valence-electron chi connectivity index (χ3n) is 6.66. The average molecular weight is 506 g/mol. The van der Waals surface area contributed by atoms with Crippen LogP contribution in [0.4, 0.5) is 17.1 Å². The topological polar surface area (TPSA) is 78.5 Å². The minimum absolute atomic E-state index is 0.185. The lowest BCUT2D eigenvalue weighted by Gasteiger charge is -2.37. The number of nitrogens with one attached hydrogen (secondary N) is 2. The minimum atomic E-state index is -3.84. The van der Waals surface area contributed by atoms with Crippen LogP contribution >= 0.6 is 0 Å². The molecule has 3 aromatic rings. The van der Waals surface area contributed by atoms with Crippen LogP contribution in [-0.4, -0.2) is 27.4 Å². The summed E-state index contributed by atoms with van der Waals surface area (Å²) in [6.45, 7) is 10.1. The van der Waals surface area contributed by atoms with E-state index in [1.54, 1.807) is 36.4 Å². The summed E-state index contributed by atoms with van der Waals surface area (Å²) in [7, 11) is -3.84. The minimum Gasteiger partial charge on any atom is -0.369 e. The second kappa shape index (κ2) is 10.7. The maximum atomic E-state index is 13.3. The third-order valence-corrected chi connectivity index (χ3v) is 8.05. The first kappa shape index (κ1) is 25.8. The maximum absolute atomic E-state index is 13.3. The zero-order valence-corrected chi connectivity index (χ0v) is 22.2. The lowest BCUT2D eigenvalue weighted by molar-refractivity contribution is 0.102. The Kier molecular flexibility index (Phi) is 7.69. The molecule has 0 aromatic heterocycles. The zero-order chi connectivity index (χ0) is 25.9. The molecule has 1 aliphatic heterocycles. The van der Waals surface area contributed by atoms with E-state index in [4.69, 9.17) is 0 Å². The van der Waals surface area contributed by atoms with Crippen LogP contribution in [0.15, 0.2) is 71.6 Å². The fourth-order valence-corrected chi connectivity index (χ4v) is 5.91. The van der Waals surface area contributed by atoms with E-state index in [2.05, 4.69) is 35.7 Å². The molecule has 2 atom stereocenters. The highest BCUT2D eigenvalue weighted by Gasteiger charge is 2.26.